The normalized spacial score (nSPS) is 12.0. The van der Waals surface area contributed by atoms with Gasteiger partial charge in [0, 0.05) is 18.6 Å². The number of Topliss-reactive ketones (excluding diaryl/α,β-unsaturated/α-hetero) is 2. The smallest absolute Gasteiger partial charge is 0.287 e. The highest BCUT2D eigenvalue weighted by Gasteiger charge is 2.37. The van der Waals surface area contributed by atoms with Crippen LogP contribution in [0.5, 0.6) is 0 Å². The highest BCUT2D eigenvalue weighted by atomic mass is 19.1. The van der Waals surface area contributed by atoms with Crippen LogP contribution in [0.1, 0.15) is 30.6 Å². The molecule has 0 heterocycles. The number of carbonyl (C=O) groups is 2. The number of nitrogens with zero attached hydrogens (tertiary/aromatic N) is 2. The molecule has 1 rings (SSSR count). The van der Waals surface area contributed by atoms with Crippen molar-refractivity contribution in [2.75, 3.05) is 0 Å². The van der Waals surface area contributed by atoms with Crippen LogP contribution in [0.15, 0.2) is 18.2 Å². The molecule has 0 fully saturated rings. The Labute approximate surface area is 124 Å². The van der Waals surface area contributed by atoms with Gasteiger partial charge in [0.05, 0.1) is 9.85 Å². The fourth-order valence-corrected chi connectivity index (χ4v) is 1.86. The molecule has 8 nitrogen and oxygen atoms in total. The van der Waals surface area contributed by atoms with E-state index in [0.29, 0.717) is 0 Å². The molecule has 0 saturated carbocycles. The Balaban J connectivity index is 3.35. The topological polar surface area (TPSA) is 120 Å². The van der Waals surface area contributed by atoms with Crippen LogP contribution in [0.4, 0.5) is 15.8 Å². The fourth-order valence-electron chi connectivity index (χ4n) is 1.86. The molecule has 1 aromatic carbocycles. The number of alkyl halides is 1. The summed E-state index contributed by atoms with van der Waals surface area (Å²) in [6.07, 6.45) is -2.91. The molecule has 0 spiro atoms. The summed E-state index contributed by atoms with van der Waals surface area (Å²) < 4.78 is 14.0. The molecule has 0 aliphatic carbocycles. The Morgan fingerprint density at radius 3 is 1.95 bits per heavy atom. The molecule has 1 atom stereocenters. The van der Waals surface area contributed by atoms with E-state index in [1.807, 2.05) is 0 Å². The second-order valence-electron chi connectivity index (χ2n) is 4.98. The zero-order chi connectivity index (χ0) is 17.0. The molecule has 0 radical (unpaired) electrons. The lowest BCUT2D eigenvalue weighted by atomic mass is 9.96. The lowest BCUT2D eigenvalue weighted by Gasteiger charge is -2.09. The van der Waals surface area contributed by atoms with Crippen molar-refractivity contribution in [1.82, 2.24) is 0 Å². The lowest BCUT2D eigenvalue weighted by molar-refractivity contribution is -0.394. The van der Waals surface area contributed by atoms with E-state index in [0.717, 1.165) is 18.2 Å². The Bertz CT molecular complexity index is 611. The van der Waals surface area contributed by atoms with Crippen LogP contribution in [0.2, 0.25) is 0 Å². The van der Waals surface area contributed by atoms with Crippen LogP contribution in [0.25, 0.3) is 0 Å². The highest BCUT2D eigenvalue weighted by molar-refractivity contribution is 6.16. The number of nitro benzene ring substituents is 2. The van der Waals surface area contributed by atoms with Crippen LogP contribution >= 0.6 is 0 Å². The third-order valence-corrected chi connectivity index (χ3v) is 2.78. The van der Waals surface area contributed by atoms with Gasteiger partial charge in [-0.3, -0.25) is 29.8 Å². The van der Waals surface area contributed by atoms with Crippen LogP contribution in [-0.2, 0) is 4.79 Å². The number of halogens is 1. The molecule has 0 bridgehead atoms. The molecule has 118 valence electrons. The summed E-state index contributed by atoms with van der Waals surface area (Å²) in [5.41, 5.74) is -2.81. The number of hydrogen-bond donors (Lipinski definition) is 0. The zero-order valence-corrected chi connectivity index (χ0v) is 11.8. The summed E-state index contributed by atoms with van der Waals surface area (Å²) in [7, 11) is 0. The summed E-state index contributed by atoms with van der Waals surface area (Å²) in [5, 5.41) is 21.8. The van der Waals surface area contributed by atoms with Crippen molar-refractivity contribution in [3.63, 3.8) is 0 Å². The highest BCUT2D eigenvalue weighted by Crippen LogP contribution is 2.30. The summed E-state index contributed by atoms with van der Waals surface area (Å²) >= 11 is 0. The van der Waals surface area contributed by atoms with Gasteiger partial charge in [0.1, 0.15) is 0 Å². The average molecular weight is 312 g/mol. The first kappa shape index (κ1) is 17.3. The molecule has 0 saturated heterocycles. The van der Waals surface area contributed by atoms with E-state index >= 15 is 0 Å². The standard InChI is InChI=1S/C13H13FN2O6/c1-7(2)6-10(17)12(14)13(18)11-8(15(19)20)4-3-5-9(11)16(21)22/h3-5,7,12H,6H2,1-2H3. The first-order valence-corrected chi connectivity index (χ1v) is 6.29. The summed E-state index contributed by atoms with van der Waals surface area (Å²) in [5.74, 6) is -2.85. The van der Waals surface area contributed by atoms with E-state index in [4.69, 9.17) is 0 Å². The number of benzene rings is 1. The van der Waals surface area contributed by atoms with Gasteiger partial charge >= 0.3 is 0 Å². The molecule has 0 aliphatic heterocycles. The lowest BCUT2D eigenvalue weighted by Crippen LogP contribution is -2.28. The molecule has 1 unspecified atom stereocenters. The molecule has 0 aliphatic rings. The van der Waals surface area contributed by atoms with E-state index in [9.17, 15) is 34.2 Å². The second-order valence-corrected chi connectivity index (χ2v) is 4.98. The maximum Gasteiger partial charge on any atom is 0.287 e. The van der Waals surface area contributed by atoms with Crippen molar-refractivity contribution in [3.8, 4) is 0 Å². The van der Waals surface area contributed by atoms with Crippen LogP contribution in [0.3, 0.4) is 0 Å². The third kappa shape index (κ3) is 3.68. The number of nitro groups is 2. The number of rotatable bonds is 7. The van der Waals surface area contributed by atoms with Crippen LogP contribution in [-0.4, -0.2) is 27.6 Å². The van der Waals surface area contributed by atoms with Gasteiger partial charge in [-0.05, 0) is 12.0 Å². The van der Waals surface area contributed by atoms with E-state index in [-0.39, 0.29) is 12.3 Å². The maximum atomic E-state index is 14.0. The van der Waals surface area contributed by atoms with Crippen LogP contribution < -0.4 is 0 Å². The van der Waals surface area contributed by atoms with E-state index in [1.54, 1.807) is 13.8 Å². The van der Waals surface area contributed by atoms with E-state index in [2.05, 4.69) is 0 Å². The minimum atomic E-state index is -2.66. The van der Waals surface area contributed by atoms with Gasteiger partial charge < -0.3 is 0 Å². The number of carbonyl (C=O) groups excluding carboxylic acids is 2. The SMILES string of the molecule is CC(C)CC(=O)C(F)C(=O)c1c([N+](=O)[O-])cccc1[N+](=O)[O-]. The van der Waals surface area contributed by atoms with Gasteiger partial charge in [0.2, 0.25) is 12.0 Å². The second kappa shape index (κ2) is 6.83. The van der Waals surface area contributed by atoms with Crippen molar-refractivity contribution in [2.24, 2.45) is 5.92 Å². The van der Waals surface area contributed by atoms with Crippen molar-refractivity contribution < 1.29 is 23.8 Å². The summed E-state index contributed by atoms with van der Waals surface area (Å²) in [4.78, 5) is 43.3. The minimum absolute atomic E-state index is 0.223. The molecule has 0 aromatic heterocycles. The summed E-state index contributed by atoms with van der Waals surface area (Å²) in [6.45, 7) is 3.25. The van der Waals surface area contributed by atoms with E-state index in [1.165, 1.54) is 0 Å². The summed E-state index contributed by atoms with van der Waals surface area (Å²) in [6, 6.07) is 2.70. The quantitative estimate of drug-likeness (QED) is 0.330. The zero-order valence-electron chi connectivity index (χ0n) is 11.8. The molecule has 0 N–H and O–H groups in total. The van der Waals surface area contributed by atoms with Gasteiger partial charge in [-0.2, -0.15) is 0 Å². The van der Waals surface area contributed by atoms with Gasteiger partial charge in [0.15, 0.2) is 11.3 Å². The van der Waals surface area contributed by atoms with Gasteiger partial charge in [0.25, 0.3) is 11.4 Å². The van der Waals surface area contributed by atoms with Gasteiger partial charge in [-0.15, -0.1) is 0 Å². The van der Waals surface area contributed by atoms with Crippen molar-refractivity contribution in [1.29, 1.82) is 0 Å². The Morgan fingerprint density at radius 1 is 1.14 bits per heavy atom. The number of hydrogen-bond acceptors (Lipinski definition) is 6. The fraction of sp³-hybridized carbons (Fsp3) is 0.385. The van der Waals surface area contributed by atoms with Crippen molar-refractivity contribution >= 4 is 22.9 Å². The molecular formula is C13H13FN2O6. The molecule has 22 heavy (non-hydrogen) atoms. The van der Waals surface area contributed by atoms with Crippen LogP contribution in [0, 0.1) is 26.1 Å². The monoisotopic (exact) mass is 312 g/mol. The molecule has 9 heteroatoms. The first-order valence-electron chi connectivity index (χ1n) is 6.29. The van der Waals surface area contributed by atoms with Crippen molar-refractivity contribution in [3.05, 3.63) is 44.0 Å². The van der Waals surface area contributed by atoms with Gasteiger partial charge in [-0.25, -0.2) is 4.39 Å². The minimum Gasteiger partial charge on any atom is -0.296 e. The maximum absolute atomic E-state index is 14.0. The van der Waals surface area contributed by atoms with Gasteiger partial charge in [-0.1, -0.05) is 13.8 Å². The Hall–Kier alpha value is -2.71. The predicted octanol–water partition coefficient (Wildman–Crippen LogP) is 2.64. The van der Waals surface area contributed by atoms with E-state index < -0.39 is 44.5 Å². The third-order valence-electron chi connectivity index (χ3n) is 2.78. The predicted molar refractivity (Wildman–Crippen MR) is 73.4 cm³/mol. The number of ketones is 2. The Kier molecular flexibility index (Phi) is 5.39. The largest absolute Gasteiger partial charge is 0.296 e. The molecule has 0 amide bonds. The first-order chi connectivity index (χ1) is 10.2. The molecule has 1 aromatic rings. The molecular weight excluding hydrogens is 299 g/mol. The average Bonchev–Trinajstić information content (AvgIpc) is 2.43. The van der Waals surface area contributed by atoms with Crippen molar-refractivity contribution in [2.45, 2.75) is 26.4 Å². The Morgan fingerprint density at radius 2 is 1.59 bits per heavy atom.